The van der Waals surface area contributed by atoms with E-state index in [4.69, 9.17) is 27.9 Å². The van der Waals surface area contributed by atoms with Gasteiger partial charge in [-0.15, -0.1) is 0 Å². The summed E-state index contributed by atoms with van der Waals surface area (Å²) in [6, 6.07) is 11.3. The largest absolute Gasteiger partial charge is 0.506 e. The lowest BCUT2D eigenvalue weighted by molar-refractivity contribution is 0.227. The van der Waals surface area contributed by atoms with Crippen LogP contribution in [0.15, 0.2) is 36.4 Å². The molecule has 0 saturated carbocycles. The average Bonchev–Trinajstić information content (AvgIpc) is 2.86. The molecule has 110 valence electrons. The summed E-state index contributed by atoms with van der Waals surface area (Å²) in [7, 11) is 0. The van der Waals surface area contributed by atoms with Crippen molar-refractivity contribution in [1.82, 2.24) is 5.32 Å². The number of para-hydroxylation sites is 1. The lowest BCUT2D eigenvalue weighted by atomic mass is 10.1. The first-order valence-corrected chi connectivity index (χ1v) is 7.51. The molecule has 3 rings (SSSR count). The van der Waals surface area contributed by atoms with E-state index in [0.29, 0.717) is 23.7 Å². The second-order valence-corrected chi connectivity index (χ2v) is 5.92. The number of aromatic hydroxyl groups is 1. The van der Waals surface area contributed by atoms with Crippen LogP contribution >= 0.6 is 23.2 Å². The highest BCUT2D eigenvalue weighted by atomic mass is 35.5. The summed E-state index contributed by atoms with van der Waals surface area (Å²) in [6.45, 7) is 1.18. The molecule has 3 nitrogen and oxygen atoms in total. The van der Waals surface area contributed by atoms with Crippen LogP contribution in [0.3, 0.4) is 0 Å². The quantitative estimate of drug-likeness (QED) is 0.899. The van der Waals surface area contributed by atoms with Crippen molar-refractivity contribution >= 4 is 23.2 Å². The summed E-state index contributed by atoms with van der Waals surface area (Å²) in [6.07, 6.45) is 1.00. The second-order valence-electron chi connectivity index (χ2n) is 5.08. The maximum Gasteiger partial charge on any atom is 0.138 e. The summed E-state index contributed by atoms with van der Waals surface area (Å²) in [5.74, 6) is 1.03. The molecule has 1 aliphatic rings. The summed E-state index contributed by atoms with van der Waals surface area (Å²) in [5.41, 5.74) is 1.92. The number of fused-ring (bicyclic) bond motifs is 1. The number of halogens is 2. The van der Waals surface area contributed by atoms with Gasteiger partial charge in [-0.1, -0.05) is 41.4 Å². The Bertz CT molecular complexity index is 636. The third-order valence-corrected chi connectivity index (χ3v) is 4.01. The molecule has 0 aliphatic carbocycles. The van der Waals surface area contributed by atoms with E-state index in [2.05, 4.69) is 11.4 Å². The smallest absolute Gasteiger partial charge is 0.138 e. The number of ether oxygens (including phenoxy) is 1. The predicted octanol–water partition coefficient (Wildman–Crippen LogP) is 3.79. The van der Waals surface area contributed by atoms with Gasteiger partial charge in [-0.25, -0.2) is 0 Å². The standard InChI is InChI=1S/C16H15Cl2NO2/c17-12-5-11(16(20)14(18)7-12)8-19-9-13-6-10-3-1-2-4-15(10)21-13/h1-5,7,13,19-20H,6,8-9H2. The number of benzene rings is 2. The molecule has 21 heavy (non-hydrogen) atoms. The highest BCUT2D eigenvalue weighted by Crippen LogP contribution is 2.31. The third-order valence-electron chi connectivity index (χ3n) is 3.51. The zero-order valence-corrected chi connectivity index (χ0v) is 12.8. The van der Waals surface area contributed by atoms with Crippen LogP contribution in [0.1, 0.15) is 11.1 Å². The molecule has 0 spiro atoms. The van der Waals surface area contributed by atoms with Crippen molar-refractivity contribution in [2.24, 2.45) is 0 Å². The lowest BCUT2D eigenvalue weighted by Crippen LogP contribution is -2.29. The van der Waals surface area contributed by atoms with Gasteiger partial charge in [0.1, 0.15) is 17.6 Å². The lowest BCUT2D eigenvalue weighted by Gasteiger charge is -2.13. The molecule has 0 fully saturated rings. The fourth-order valence-electron chi connectivity index (χ4n) is 2.49. The third kappa shape index (κ3) is 3.26. The first-order valence-electron chi connectivity index (χ1n) is 6.75. The number of hydrogen-bond donors (Lipinski definition) is 2. The van der Waals surface area contributed by atoms with Crippen LogP contribution in [0, 0.1) is 0 Å². The van der Waals surface area contributed by atoms with Crippen molar-refractivity contribution in [3.05, 3.63) is 57.6 Å². The van der Waals surface area contributed by atoms with Crippen LogP contribution in [0.25, 0.3) is 0 Å². The van der Waals surface area contributed by atoms with Crippen LogP contribution in [-0.2, 0) is 13.0 Å². The fourth-order valence-corrected chi connectivity index (χ4v) is 3.03. The van der Waals surface area contributed by atoms with E-state index in [9.17, 15) is 5.11 Å². The van der Waals surface area contributed by atoms with E-state index >= 15 is 0 Å². The van der Waals surface area contributed by atoms with Crippen LogP contribution < -0.4 is 10.1 Å². The molecule has 1 aliphatic heterocycles. The zero-order chi connectivity index (χ0) is 14.8. The van der Waals surface area contributed by atoms with Gasteiger partial charge in [-0.05, 0) is 23.8 Å². The first kappa shape index (κ1) is 14.5. The van der Waals surface area contributed by atoms with Gasteiger partial charge in [0.15, 0.2) is 0 Å². The van der Waals surface area contributed by atoms with Crippen molar-refractivity contribution < 1.29 is 9.84 Å². The molecule has 0 amide bonds. The Balaban J connectivity index is 1.56. The van der Waals surface area contributed by atoms with Gasteiger partial charge in [0.25, 0.3) is 0 Å². The Morgan fingerprint density at radius 1 is 1.24 bits per heavy atom. The average molecular weight is 324 g/mol. The van der Waals surface area contributed by atoms with Crippen LogP contribution in [0.2, 0.25) is 10.0 Å². The molecule has 2 N–H and O–H groups in total. The molecular formula is C16H15Cl2NO2. The van der Waals surface area contributed by atoms with Crippen molar-refractivity contribution in [1.29, 1.82) is 0 Å². The monoisotopic (exact) mass is 323 g/mol. The minimum Gasteiger partial charge on any atom is -0.506 e. The van der Waals surface area contributed by atoms with Crippen LogP contribution in [-0.4, -0.2) is 17.8 Å². The Kier molecular flexibility index (Phi) is 4.24. The number of rotatable bonds is 4. The molecule has 0 bridgehead atoms. The van der Waals surface area contributed by atoms with Gasteiger partial charge < -0.3 is 15.2 Å². The minimum absolute atomic E-state index is 0.0733. The van der Waals surface area contributed by atoms with Crippen molar-refractivity contribution in [3.63, 3.8) is 0 Å². The molecule has 0 aromatic heterocycles. The molecule has 5 heteroatoms. The summed E-state index contributed by atoms with van der Waals surface area (Å²) in [4.78, 5) is 0. The van der Waals surface area contributed by atoms with E-state index in [1.165, 1.54) is 11.6 Å². The Hall–Kier alpha value is -1.42. The van der Waals surface area contributed by atoms with Gasteiger partial charge in [-0.3, -0.25) is 0 Å². The first-order chi connectivity index (χ1) is 10.1. The molecule has 1 atom stereocenters. The van der Waals surface area contributed by atoms with Crippen molar-refractivity contribution in [3.8, 4) is 11.5 Å². The highest BCUT2D eigenvalue weighted by Gasteiger charge is 2.21. The second kappa shape index (κ2) is 6.14. The van der Waals surface area contributed by atoms with Crippen LogP contribution in [0.4, 0.5) is 0 Å². The molecule has 0 saturated heterocycles. The number of hydrogen-bond acceptors (Lipinski definition) is 3. The van der Waals surface area contributed by atoms with E-state index in [0.717, 1.165) is 12.2 Å². The summed E-state index contributed by atoms with van der Waals surface area (Å²) in [5, 5.41) is 13.9. The molecule has 0 radical (unpaired) electrons. The Morgan fingerprint density at radius 2 is 2.05 bits per heavy atom. The number of phenolic OH excluding ortho intramolecular Hbond substituents is 1. The van der Waals surface area contributed by atoms with Gasteiger partial charge >= 0.3 is 0 Å². The van der Waals surface area contributed by atoms with E-state index < -0.39 is 0 Å². The van der Waals surface area contributed by atoms with Gasteiger partial charge in [0, 0.05) is 30.1 Å². The van der Waals surface area contributed by atoms with E-state index in [1.54, 1.807) is 6.07 Å². The van der Waals surface area contributed by atoms with E-state index in [1.807, 2.05) is 18.2 Å². The highest BCUT2D eigenvalue weighted by molar-refractivity contribution is 6.35. The zero-order valence-electron chi connectivity index (χ0n) is 11.3. The Morgan fingerprint density at radius 3 is 2.86 bits per heavy atom. The SMILES string of the molecule is Oc1c(Cl)cc(Cl)cc1CNCC1Cc2ccccc2O1. The molecule has 1 heterocycles. The molecule has 2 aromatic carbocycles. The van der Waals surface area contributed by atoms with Crippen molar-refractivity contribution in [2.45, 2.75) is 19.1 Å². The number of phenols is 1. The topological polar surface area (TPSA) is 41.5 Å². The maximum atomic E-state index is 9.89. The predicted molar refractivity (Wildman–Crippen MR) is 84.4 cm³/mol. The van der Waals surface area contributed by atoms with Gasteiger partial charge in [0.05, 0.1) is 5.02 Å². The van der Waals surface area contributed by atoms with E-state index in [-0.39, 0.29) is 16.9 Å². The molecular weight excluding hydrogens is 309 g/mol. The minimum atomic E-state index is 0.0733. The van der Waals surface area contributed by atoms with Gasteiger partial charge in [-0.2, -0.15) is 0 Å². The van der Waals surface area contributed by atoms with Gasteiger partial charge in [0.2, 0.25) is 0 Å². The molecule has 1 unspecified atom stereocenters. The summed E-state index contributed by atoms with van der Waals surface area (Å²) >= 11 is 11.8. The summed E-state index contributed by atoms with van der Waals surface area (Å²) < 4.78 is 5.85. The van der Waals surface area contributed by atoms with Crippen molar-refractivity contribution in [2.75, 3.05) is 6.54 Å². The number of nitrogens with one attached hydrogen (secondary N) is 1. The molecule has 2 aromatic rings. The normalized spacial score (nSPS) is 16.6. The maximum absolute atomic E-state index is 9.89. The van der Waals surface area contributed by atoms with Crippen LogP contribution in [0.5, 0.6) is 11.5 Å². The Labute approximate surface area is 133 Å². The fraction of sp³-hybridized carbons (Fsp3) is 0.250.